The molecule has 1 heterocycles. The van der Waals surface area contributed by atoms with Crippen LogP contribution in [0.15, 0.2) is 18.2 Å². The Balaban J connectivity index is 2.08. The van der Waals surface area contributed by atoms with Crippen molar-refractivity contribution in [1.29, 1.82) is 0 Å². The maximum absolute atomic E-state index is 12.3. The van der Waals surface area contributed by atoms with Crippen LogP contribution in [-0.2, 0) is 11.2 Å². The summed E-state index contributed by atoms with van der Waals surface area (Å²) in [6.07, 6.45) is 3.81. The van der Waals surface area contributed by atoms with Gasteiger partial charge in [-0.05, 0) is 37.0 Å². The van der Waals surface area contributed by atoms with Gasteiger partial charge < -0.3 is 15.3 Å². The molecule has 1 aromatic carbocycles. The standard InChI is InChI=1S/C19H28N2O3/c1-4-9-19(24,10-5-2)13-17(22)20-15-7-6-14-8-11-21(3)18(23)16(14)12-15/h6-7,12,24H,4-5,8-11,13H2,1-3H3,(H,20,22). The number of nitrogens with zero attached hydrogens (tertiary/aromatic N) is 1. The number of rotatable bonds is 7. The second-order valence-corrected chi connectivity index (χ2v) is 6.80. The zero-order valence-corrected chi connectivity index (χ0v) is 14.9. The molecule has 0 unspecified atom stereocenters. The Kier molecular flexibility index (Phi) is 5.99. The van der Waals surface area contributed by atoms with Crippen LogP contribution < -0.4 is 5.32 Å². The van der Waals surface area contributed by atoms with Gasteiger partial charge in [0.1, 0.15) is 0 Å². The van der Waals surface area contributed by atoms with Gasteiger partial charge in [0.05, 0.1) is 12.0 Å². The van der Waals surface area contributed by atoms with Crippen LogP contribution in [0.2, 0.25) is 0 Å². The Morgan fingerprint density at radius 2 is 1.96 bits per heavy atom. The molecule has 1 aliphatic heterocycles. The maximum atomic E-state index is 12.3. The molecular formula is C19H28N2O3. The summed E-state index contributed by atoms with van der Waals surface area (Å²) in [5.41, 5.74) is 1.33. The number of carbonyl (C=O) groups is 2. The number of nitrogens with one attached hydrogen (secondary N) is 1. The van der Waals surface area contributed by atoms with E-state index in [-0.39, 0.29) is 18.2 Å². The van der Waals surface area contributed by atoms with E-state index in [0.29, 0.717) is 24.1 Å². The summed E-state index contributed by atoms with van der Waals surface area (Å²) in [7, 11) is 1.78. The monoisotopic (exact) mass is 332 g/mol. The molecule has 132 valence electrons. The molecule has 24 heavy (non-hydrogen) atoms. The molecule has 0 radical (unpaired) electrons. The van der Waals surface area contributed by atoms with E-state index in [2.05, 4.69) is 5.32 Å². The lowest BCUT2D eigenvalue weighted by atomic mass is 9.89. The topological polar surface area (TPSA) is 69.6 Å². The molecule has 2 amide bonds. The number of aliphatic hydroxyl groups is 1. The summed E-state index contributed by atoms with van der Waals surface area (Å²) in [6, 6.07) is 5.47. The molecule has 0 aliphatic carbocycles. The fourth-order valence-corrected chi connectivity index (χ4v) is 3.40. The normalized spacial score (nSPS) is 14.5. The Labute approximate surface area is 144 Å². The van der Waals surface area contributed by atoms with Crippen LogP contribution in [0, 0.1) is 0 Å². The molecule has 1 aromatic rings. The largest absolute Gasteiger partial charge is 0.389 e. The first-order valence-corrected chi connectivity index (χ1v) is 8.79. The minimum atomic E-state index is -0.947. The van der Waals surface area contributed by atoms with Crippen LogP contribution >= 0.6 is 0 Å². The van der Waals surface area contributed by atoms with Crippen molar-refractivity contribution in [2.75, 3.05) is 18.9 Å². The minimum Gasteiger partial charge on any atom is -0.389 e. The summed E-state index contributed by atoms with van der Waals surface area (Å²) >= 11 is 0. The molecule has 0 atom stereocenters. The van der Waals surface area contributed by atoms with Crippen molar-refractivity contribution >= 4 is 17.5 Å². The summed E-state index contributed by atoms with van der Waals surface area (Å²) in [5.74, 6) is -0.225. The first-order chi connectivity index (χ1) is 11.4. The van der Waals surface area contributed by atoms with E-state index in [4.69, 9.17) is 0 Å². The van der Waals surface area contributed by atoms with Crippen molar-refractivity contribution in [2.24, 2.45) is 0 Å². The summed E-state index contributed by atoms with van der Waals surface area (Å²) < 4.78 is 0. The molecular weight excluding hydrogens is 304 g/mol. The smallest absolute Gasteiger partial charge is 0.253 e. The molecule has 2 rings (SSSR count). The number of hydrogen-bond acceptors (Lipinski definition) is 3. The van der Waals surface area contributed by atoms with Gasteiger partial charge in [-0.25, -0.2) is 0 Å². The van der Waals surface area contributed by atoms with E-state index >= 15 is 0 Å². The number of anilines is 1. The maximum Gasteiger partial charge on any atom is 0.253 e. The highest BCUT2D eigenvalue weighted by atomic mass is 16.3. The third-order valence-corrected chi connectivity index (χ3v) is 4.61. The van der Waals surface area contributed by atoms with Crippen LogP contribution in [0.25, 0.3) is 0 Å². The average molecular weight is 332 g/mol. The SMILES string of the molecule is CCCC(O)(CCC)CC(=O)Nc1ccc2c(c1)C(=O)N(C)CC2. The van der Waals surface area contributed by atoms with Crippen molar-refractivity contribution in [2.45, 2.75) is 58.0 Å². The van der Waals surface area contributed by atoms with Crippen molar-refractivity contribution in [3.8, 4) is 0 Å². The van der Waals surface area contributed by atoms with Gasteiger partial charge in [-0.3, -0.25) is 9.59 Å². The van der Waals surface area contributed by atoms with E-state index in [1.54, 1.807) is 18.0 Å². The number of fused-ring (bicyclic) bond motifs is 1. The third-order valence-electron chi connectivity index (χ3n) is 4.61. The molecule has 0 spiro atoms. The van der Waals surface area contributed by atoms with Gasteiger partial charge in [-0.2, -0.15) is 0 Å². The van der Waals surface area contributed by atoms with Crippen LogP contribution in [0.5, 0.6) is 0 Å². The van der Waals surface area contributed by atoms with Gasteiger partial charge in [0.25, 0.3) is 5.91 Å². The first kappa shape index (κ1) is 18.5. The molecule has 0 bridgehead atoms. The fraction of sp³-hybridized carbons (Fsp3) is 0.579. The van der Waals surface area contributed by atoms with Crippen LogP contribution in [0.3, 0.4) is 0 Å². The van der Waals surface area contributed by atoms with E-state index < -0.39 is 5.60 Å². The fourth-order valence-electron chi connectivity index (χ4n) is 3.40. The molecule has 5 nitrogen and oxygen atoms in total. The first-order valence-electron chi connectivity index (χ1n) is 8.79. The highest BCUT2D eigenvalue weighted by Gasteiger charge is 2.28. The Morgan fingerprint density at radius 3 is 2.58 bits per heavy atom. The number of benzene rings is 1. The number of carbonyl (C=O) groups excluding carboxylic acids is 2. The summed E-state index contributed by atoms with van der Waals surface area (Å²) in [6.45, 7) is 4.73. The van der Waals surface area contributed by atoms with E-state index in [0.717, 1.165) is 31.4 Å². The predicted molar refractivity (Wildman–Crippen MR) is 95.1 cm³/mol. The molecule has 5 heteroatoms. The van der Waals surface area contributed by atoms with Crippen molar-refractivity contribution in [1.82, 2.24) is 4.90 Å². The number of hydrogen-bond donors (Lipinski definition) is 2. The second kappa shape index (κ2) is 7.79. The Hall–Kier alpha value is -1.88. The molecule has 2 N–H and O–H groups in total. The van der Waals surface area contributed by atoms with Crippen molar-refractivity contribution in [3.63, 3.8) is 0 Å². The average Bonchev–Trinajstić information content (AvgIpc) is 2.51. The second-order valence-electron chi connectivity index (χ2n) is 6.80. The van der Waals surface area contributed by atoms with E-state index in [1.165, 1.54) is 0 Å². The lowest BCUT2D eigenvalue weighted by molar-refractivity contribution is -0.121. The number of likely N-dealkylation sites (N-methyl/N-ethyl adjacent to an activating group) is 1. The van der Waals surface area contributed by atoms with Crippen molar-refractivity contribution < 1.29 is 14.7 Å². The van der Waals surface area contributed by atoms with Gasteiger partial charge in [0, 0.05) is 24.8 Å². The molecule has 0 saturated heterocycles. The lowest BCUT2D eigenvalue weighted by Crippen LogP contribution is -2.35. The minimum absolute atomic E-state index is 0.0131. The summed E-state index contributed by atoms with van der Waals surface area (Å²) in [4.78, 5) is 26.2. The van der Waals surface area contributed by atoms with E-state index in [1.807, 2.05) is 26.0 Å². The third kappa shape index (κ3) is 4.35. The predicted octanol–water partition coefficient (Wildman–Crippen LogP) is 2.97. The lowest BCUT2D eigenvalue weighted by Gasteiger charge is -2.27. The Morgan fingerprint density at radius 1 is 1.29 bits per heavy atom. The highest BCUT2D eigenvalue weighted by molar-refractivity contribution is 5.99. The van der Waals surface area contributed by atoms with Gasteiger partial charge in [0.2, 0.25) is 5.91 Å². The van der Waals surface area contributed by atoms with Gasteiger partial charge in [-0.15, -0.1) is 0 Å². The zero-order chi connectivity index (χ0) is 17.7. The molecule has 0 saturated carbocycles. The Bertz CT molecular complexity index is 607. The van der Waals surface area contributed by atoms with Crippen LogP contribution in [-0.4, -0.2) is 41.0 Å². The van der Waals surface area contributed by atoms with Gasteiger partial charge >= 0.3 is 0 Å². The van der Waals surface area contributed by atoms with Crippen LogP contribution in [0.4, 0.5) is 5.69 Å². The van der Waals surface area contributed by atoms with Gasteiger partial charge in [0.15, 0.2) is 0 Å². The summed E-state index contributed by atoms with van der Waals surface area (Å²) in [5, 5.41) is 13.4. The zero-order valence-electron chi connectivity index (χ0n) is 14.9. The van der Waals surface area contributed by atoms with Crippen molar-refractivity contribution in [3.05, 3.63) is 29.3 Å². The van der Waals surface area contributed by atoms with E-state index in [9.17, 15) is 14.7 Å². The molecule has 0 aromatic heterocycles. The molecule has 0 fully saturated rings. The highest BCUT2D eigenvalue weighted by Crippen LogP contribution is 2.26. The molecule has 1 aliphatic rings. The number of amides is 2. The van der Waals surface area contributed by atoms with Gasteiger partial charge in [-0.1, -0.05) is 32.8 Å². The van der Waals surface area contributed by atoms with Crippen LogP contribution in [0.1, 0.15) is 61.9 Å². The quantitative estimate of drug-likeness (QED) is 0.806.